The number of carboxylic acid groups (broad SMARTS) is 1. The zero-order valence-corrected chi connectivity index (χ0v) is 20.8. The lowest BCUT2D eigenvalue weighted by atomic mass is 9.48. The van der Waals surface area contributed by atoms with Crippen LogP contribution in [-0.2, 0) is 10.2 Å². The van der Waals surface area contributed by atoms with Gasteiger partial charge in [-0.25, -0.2) is 4.79 Å². The molecule has 0 spiro atoms. The van der Waals surface area contributed by atoms with Crippen molar-refractivity contribution in [3.05, 3.63) is 64.7 Å². The number of carboxylic acids is 1. The van der Waals surface area contributed by atoms with Gasteiger partial charge < -0.3 is 15.6 Å². The van der Waals surface area contributed by atoms with Crippen molar-refractivity contribution in [1.29, 1.82) is 0 Å². The van der Waals surface area contributed by atoms with E-state index in [0.717, 1.165) is 53.9 Å². The number of aromatic carboxylic acids is 1. The zero-order valence-electron chi connectivity index (χ0n) is 20.8. The number of ether oxygens (including phenoxy) is 1. The number of amides is 1. The highest BCUT2D eigenvalue weighted by Crippen LogP contribution is 2.62. The van der Waals surface area contributed by atoms with Crippen LogP contribution in [0.15, 0.2) is 42.5 Å². The topological polar surface area (TPSA) is 89.6 Å². The van der Waals surface area contributed by atoms with E-state index in [9.17, 15) is 9.59 Å². The van der Waals surface area contributed by atoms with Gasteiger partial charge in [0.15, 0.2) is 0 Å². The van der Waals surface area contributed by atoms with Crippen LogP contribution >= 0.6 is 0 Å². The molecule has 4 aliphatic carbocycles. The maximum Gasteiger partial charge on any atom is 0.335 e. The van der Waals surface area contributed by atoms with E-state index < -0.39 is 5.97 Å². The first-order chi connectivity index (χ1) is 17.4. The quantitative estimate of drug-likeness (QED) is 0.353. The van der Waals surface area contributed by atoms with E-state index in [-0.39, 0.29) is 16.9 Å². The molecule has 36 heavy (non-hydrogen) atoms. The van der Waals surface area contributed by atoms with Crippen molar-refractivity contribution >= 4 is 11.9 Å². The summed E-state index contributed by atoms with van der Waals surface area (Å²) in [7, 11) is 0. The van der Waals surface area contributed by atoms with Crippen LogP contribution in [0.1, 0.15) is 91.3 Å². The van der Waals surface area contributed by atoms with E-state index in [1.54, 1.807) is 24.3 Å². The molecule has 2 aromatic rings. The minimum Gasteiger partial charge on any atom is -0.493 e. The largest absolute Gasteiger partial charge is 0.493 e. The summed E-state index contributed by atoms with van der Waals surface area (Å²) >= 11 is 0. The fourth-order valence-corrected chi connectivity index (χ4v) is 7.19. The number of hydrogen-bond donors (Lipinski definition) is 2. The van der Waals surface area contributed by atoms with Crippen LogP contribution in [0.3, 0.4) is 0 Å². The molecular formula is C31H35NO4. The Kier molecular flexibility index (Phi) is 7.05. The zero-order chi connectivity index (χ0) is 25.1. The minimum absolute atomic E-state index is 0.191. The first-order valence-corrected chi connectivity index (χ1v) is 13.3. The third-order valence-electron chi connectivity index (χ3n) is 8.40. The Morgan fingerprint density at radius 3 is 2.11 bits per heavy atom. The highest BCUT2D eigenvalue weighted by molar-refractivity contribution is 5.87. The van der Waals surface area contributed by atoms with Crippen molar-refractivity contribution in [3.8, 4) is 17.6 Å². The van der Waals surface area contributed by atoms with Crippen molar-refractivity contribution in [2.24, 2.45) is 23.5 Å². The average Bonchev–Trinajstić information content (AvgIpc) is 2.84. The lowest BCUT2D eigenvalue weighted by Gasteiger charge is -2.57. The number of carbonyl (C=O) groups is 2. The molecule has 1 amide bonds. The average molecular weight is 486 g/mol. The van der Waals surface area contributed by atoms with E-state index in [1.807, 2.05) is 6.07 Å². The van der Waals surface area contributed by atoms with Gasteiger partial charge in [-0.1, -0.05) is 11.8 Å². The molecule has 188 valence electrons. The predicted molar refractivity (Wildman–Crippen MR) is 139 cm³/mol. The van der Waals surface area contributed by atoms with E-state index in [1.165, 1.54) is 44.1 Å². The van der Waals surface area contributed by atoms with Crippen LogP contribution in [0.2, 0.25) is 0 Å². The standard InChI is InChI=1S/C31H35NO4/c32-29(33)4-2-1-3-13-36-28-12-9-22(6-5-21-7-10-26(11-8-21)30(34)35)17-27(28)31-18-23-14-24(19-31)16-25(15-23)20-31/h7-12,17,23-25H,1-4,13-16,18-20H2,(H2,32,33)(H,34,35). The van der Waals surface area contributed by atoms with Gasteiger partial charge >= 0.3 is 5.97 Å². The second kappa shape index (κ2) is 10.4. The number of unbranched alkanes of at least 4 members (excludes halogenated alkanes) is 2. The molecule has 0 aliphatic heterocycles. The number of rotatable bonds is 9. The molecule has 5 nitrogen and oxygen atoms in total. The van der Waals surface area contributed by atoms with Crippen molar-refractivity contribution in [2.45, 2.75) is 69.6 Å². The number of benzene rings is 2. The molecule has 2 aromatic carbocycles. The molecule has 0 heterocycles. The summed E-state index contributed by atoms with van der Waals surface area (Å²) in [4.78, 5) is 22.1. The summed E-state index contributed by atoms with van der Waals surface area (Å²) in [5.41, 5.74) is 8.80. The first kappa shape index (κ1) is 24.4. The lowest BCUT2D eigenvalue weighted by Crippen LogP contribution is -2.48. The number of carbonyl (C=O) groups excluding carboxylic acids is 1. The number of nitrogens with two attached hydrogens (primary N) is 1. The Morgan fingerprint density at radius 2 is 1.50 bits per heavy atom. The molecule has 4 saturated carbocycles. The van der Waals surface area contributed by atoms with Crippen molar-refractivity contribution in [3.63, 3.8) is 0 Å². The third kappa shape index (κ3) is 5.43. The van der Waals surface area contributed by atoms with Crippen molar-refractivity contribution < 1.29 is 19.4 Å². The Morgan fingerprint density at radius 1 is 0.889 bits per heavy atom. The molecule has 0 saturated heterocycles. The summed E-state index contributed by atoms with van der Waals surface area (Å²) in [6, 6.07) is 13.1. The SMILES string of the molecule is NC(=O)CCCCCOc1ccc(C#Cc2ccc(C(=O)O)cc2)cc1C12CC3CC(CC(C3)C1)C2. The predicted octanol–water partition coefficient (Wildman–Crippen LogP) is 5.68. The van der Waals surface area contributed by atoms with Crippen LogP contribution in [0.4, 0.5) is 0 Å². The van der Waals surface area contributed by atoms with Gasteiger partial charge in [-0.2, -0.15) is 0 Å². The monoisotopic (exact) mass is 485 g/mol. The second-order valence-electron chi connectivity index (χ2n) is 11.2. The summed E-state index contributed by atoms with van der Waals surface area (Å²) in [6.45, 7) is 0.638. The van der Waals surface area contributed by atoms with Gasteiger partial charge in [0.1, 0.15) is 5.75 Å². The molecule has 4 aliphatic rings. The molecule has 4 bridgehead atoms. The van der Waals surface area contributed by atoms with E-state index in [4.69, 9.17) is 15.6 Å². The molecular weight excluding hydrogens is 450 g/mol. The van der Waals surface area contributed by atoms with Gasteiger partial charge in [0, 0.05) is 23.1 Å². The van der Waals surface area contributed by atoms with Gasteiger partial charge in [0.2, 0.25) is 5.91 Å². The Bertz CT molecular complexity index is 1150. The second-order valence-corrected chi connectivity index (χ2v) is 11.2. The van der Waals surface area contributed by atoms with E-state index in [2.05, 4.69) is 24.0 Å². The molecule has 4 fully saturated rings. The summed E-state index contributed by atoms with van der Waals surface area (Å²) in [6.07, 6.45) is 11.0. The Balaban J connectivity index is 1.37. The third-order valence-corrected chi connectivity index (χ3v) is 8.40. The fourth-order valence-electron chi connectivity index (χ4n) is 7.19. The highest BCUT2D eigenvalue weighted by atomic mass is 16.5. The lowest BCUT2D eigenvalue weighted by molar-refractivity contribution is -0.118. The number of primary amides is 1. The van der Waals surface area contributed by atoms with Crippen LogP contribution in [0, 0.1) is 29.6 Å². The molecule has 0 unspecified atom stereocenters. The highest BCUT2D eigenvalue weighted by Gasteiger charge is 2.52. The fraction of sp³-hybridized carbons (Fsp3) is 0.484. The molecule has 6 rings (SSSR count). The first-order valence-electron chi connectivity index (χ1n) is 13.3. The van der Waals surface area contributed by atoms with Gasteiger partial charge in [-0.3, -0.25) is 4.79 Å². The Labute approximate surface area is 213 Å². The molecule has 5 heteroatoms. The minimum atomic E-state index is -0.932. The smallest absolute Gasteiger partial charge is 0.335 e. The van der Waals surface area contributed by atoms with Crippen LogP contribution in [0.25, 0.3) is 0 Å². The van der Waals surface area contributed by atoms with Gasteiger partial charge in [0.25, 0.3) is 0 Å². The van der Waals surface area contributed by atoms with Crippen molar-refractivity contribution in [2.75, 3.05) is 6.61 Å². The summed E-state index contributed by atoms with van der Waals surface area (Å²) in [5.74, 6) is 8.83. The van der Waals surface area contributed by atoms with E-state index in [0.29, 0.717) is 13.0 Å². The van der Waals surface area contributed by atoms with Crippen LogP contribution < -0.4 is 10.5 Å². The summed E-state index contributed by atoms with van der Waals surface area (Å²) in [5, 5.41) is 9.12. The van der Waals surface area contributed by atoms with Crippen LogP contribution in [-0.4, -0.2) is 23.6 Å². The Hall–Kier alpha value is -3.26. The van der Waals surface area contributed by atoms with Crippen LogP contribution in [0.5, 0.6) is 5.75 Å². The maximum atomic E-state index is 11.1. The van der Waals surface area contributed by atoms with Gasteiger partial charge in [-0.05, 0) is 123 Å². The van der Waals surface area contributed by atoms with Gasteiger partial charge in [0.05, 0.1) is 12.2 Å². The summed E-state index contributed by atoms with van der Waals surface area (Å²) < 4.78 is 6.37. The molecule has 0 aromatic heterocycles. The maximum absolute atomic E-state index is 11.1. The number of hydrogen-bond acceptors (Lipinski definition) is 3. The van der Waals surface area contributed by atoms with E-state index >= 15 is 0 Å². The normalized spacial score (nSPS) is 25.7. The van der Waals surface area contributed by atoms with Gasteiger partial charge in [-0.15, -0.1) is 0 Å². The molecule has 0 atom stereocenters. The van der Waals surface area contributed by atoms with Crippen molar-refractivity contribution in [1.82, 2.24) is 0 Å². The molecule has 0 radical (unpaired) electrons. The molecule has 3 N–H and O–H groups in total.